The van der Waals surface area contributed by atoms with Crippen LogP contribution >= 0.6 is 11.6 Å². The molecule has 0 aliphatic rings. The van der Waals surface area contributed by atoms with E-state index in [0.29, 0.717) is 22.8 Å². The molecule has 0 saturated heterocycles. The monoisotopic (exact) mass is 541 g/mol. The number of anilines is 1. The molecule has 1 N–H and O–H groups in total. The standard InChI is InChI=1S/C28H32ClN3O4S/c1-5-30-28(34)22(4)31(18-23-13-10-9-12-20(23)2)27(33)19-32(26-17-11-16-25(29)21(26)3)37(35,36)24-14-7-6-8-15-24/h6-17,22H,5,18-19H2,1-4H3,(H,30,34)/t22-/m1/s1. The molecule has 2 amide bonds. The minimum Gasteiger partial charge on any atom is -0.355 e. The van der Waals surface area contributed by atoms with E-state index in [4.69, 9.17) is 11.6 Å². The Morgan fingerprint density at radius 1 is 0.946 bits per heavy atom. The van der Waals surface area contributed by atoms with Crippen LogP contribution in [0.4, 0.5) is 5.69 Å². The largest absolute Gasteiger partial charge is 0.355 e. The van der Waals surface area contributed by atoms with Crippen molar-refractivity contribution in [3.8, 4) is 0 Å². The molecule has 37 heavy (non-hydrogen) atoms. The minimum atomic E-state index is -4.13. The molecule has 9 heteroatoms. The summed E-state index contributed by atoms with van der Waals surface area (Å²) in [5.41, 5.74) is 2.65. The Kier molecular flexibility index (Phi) is 9.34. The first-order chi connectivity index (χ1) is 17.6. The van der Waals surface area contributed by atoms with Crippen molar-refractivity contribution in [1.82, 2.24) is 10.2 Å². The van der Waals surface area contributed by atoms with Gasteiger partial charge in [-0.15, -0.1) is 0 Å². The summed E-state index contributed by atoms with van der Waals surface area (Å²) in [7, 11) is -4.13. The Balaban J connectivity index is 2.08. The maximum Gasteiger partial charge on any atom is 0.264 e. The number of nitrogens with one attached hydrogen (secondary N) is 1. The van der Waals surface area contributed by atoms with Crippen molar-refractivity contribution in [2.75, 3.05) is 17.4 Å². The Morgan fingerprint density at radius 3 is 2.24 bits per heavy atom. The van der Waals surface area contributed by atoms with E-state index in [2.05, 4.69) is 5.32 Å². The number of hydrogen-bond acceptors (Lipinski definition) is 4. The molecule has 0 aliphatic carbocycles. The van der Waals surface area contributed by atoms with Crippen LogP contribution in [0.3, 0.4) is 0 Å². The summed E-state index contributed by atoms with van der Waals surface area (Å²) in [5.74, 6) is -0.832. The van der Waals surface area contributed by atoms with E-state index in [1.165, 1.54) is 17.0 Å². The number of halogens is 1. The summed E-state index contributed by atoms with van der Waals surface area (Å²) in [6.45, 7) is 7.13. The molecular weight excluding hydrogens is 510 g/mol. The number of likely N-dealkylation sites (N-methyl/N-ethyl adjacent to an activating group) is 1. The van der Waals surface area contributed by atoms with Gasteiger partial charge < -0.3 is 10.2 Å². The first-order valence-electron chi connectivity index (χ1n) is 12.0. The van der Waals surface area contributed by atoms with Gasteiger partial charge in [-0.1, -0.05) is 60.1 Å². The first-order valence-corrected chi connectivity index (χ1v) is 13.8. The Labute approximate surface area is 224 Å². The van der Waals surface area contributed by atoms with Gasteiger partial charge in [-0.3, -0.25) is 13.9 Å². The van der Waals surface area contributed by atoms with Gasteiger partial charge in [0.25, 0.3) is 10.0 Å². The maximum atomic E-state index is 13.9. The van der Waals surface area contributed by atoms with E-state index in [1.807, 2.05) is 31.2 Å². The third-order valence-electron chi connectivity index (χ3n) is 6.24. The molecular formula is C28H32ClN3O4S. The highest BCUT2D eigenvalue weighted by Crippen LogP contribution is 2.31. The number of amides is 2. The predicted octanol–water partition coefficient (Wildman–Crippen LogP) is 4.71. The van der Waals surface area contributed by atoms with E-state index in [-0.39, 0.29) is 17.3 Å². The van der Waals surface area contributed by atoms with Crippen molar-refractivity contribution in [2.45, 2.75) is 45.2 Å². The van der Waals surface area contributed by atoms with Crippen molar-refractivity contribution in [3.63, 3.8) is 0 Å². The van der Waals surface area contributed by atoms with E-state index < -0.39 is 28.5 Å². The zero-order valence-corrected chi connectivity index (χ0v) is 23.0. The number of benzene rings is 3. The van der Waals surface area contributed by atoms with E-state index in [9.17, 15) is 18.0 Å². The van der Waals surface area contributed by atoms with Crippen LogP contribution in [-0.4, -0.2) is 44.3 Å². The third-order valence-corrected chi connectivity index (χ3v) is 8.42. The number of hydrogen-bond donors (Lipinski definition) is 1. The highest BCUT2D eigenvalue weighted by molar-refractivity contribution is 7.92. The highest BCUT2D eigenvalue weighted by atomic mass is 35.5. The fourth-order valence-corrected chi connectivity index (χ4v) is 5.64. The van der Waals surface area contributed by atoms with E-state index in [0.717, 1.165) is 15.4 Å². The lowest BCUT2D eigenvalue weighted by Crippen LogP contribution is -2.51. The van der Waals surface area contributed by atoms with Gasteiger partial charge in [0.05, 0.1) is 10.6 Å². The zero-order valence-electron chi connectivity index (χ0n) is 21.4. The molecule has 0 aliphatic heterocycles. The van der Waals surface area contributed by atoms with Crippen LogP contribution in [0.15, 0.2) is 77.7 Å². The number of aryl methyl sites for hydroxylation is 1. The summed E-state index contributed by atoms with van der Waals surface area (Å²) in [4.78, 5) is 28.1. The summed E-state index contributed by atoms with van der Waals surface area (Å²) >= 11 is 6.33. The van der Waals surface area contributed by atoms with Gasteiger partial charge in [0, 0.05) is 18.1 Å². The normalized spacial score (nSPS) is 12.0. The number of rotatable bonds is 10. The Hall–Kier alpha value is -3.36. The van der Waals surface area contributed by atoms with Crippen molar-refractivity contribution < 1.29 is 18.0 Å². The predicted molar refractivity (Wildman–Crippen MR) is 147 cm³/mol. The molecule has 0 heterocycles. The molecule has 196 valence electrons. The molecule has 0 unspecified atom stereocenters. The molecule has 0 aromatic heterocycles. The van der Waals surface area contributed by atoms with Gasteiger partial charge >= 0.3 is 0 Å². The van der Waals surface area contributed by atoms with Crippen LogP contribution in [0.5, 0.6) is 0 Å². The highest BCUT2D eigenvalue weighted by Gasteiger charge is 2.33. The number of carbonyl (C=O) groups is 2. The minimum absolute atomic E-state index is 0.0457. The van der Waals surface area contributed by atoms with Crippen molar-refractivity contribution >= 4 is 39.1 Å². The SMILES string of the molecule is CCNC(=O)[C@@H](C)N(Cc1ccccc1C)C(=O)CN(c1cccc(Cl)c1C)S(=O)(=O)c1ccccc1. The Bertz CT molecular complexity index is 1360. The van der Waals surface area contributed by atoms with Gasteiger partial charge in [-0.2, -0.15) is 0 Å². The summed E-state index contributed by atoms with van der Waals surface area (Å²) < 4.78 is 28.7. The number of sulfonamides is 1. The molecule has 0 spiro atoms. The fourth-order valence-electron chi connectivity index (χ4n) is 3.97. The zero-order chi connectivity index (χ0) is 27.2. The lowest BCUT2D eigenvalue weighted by Gasteiger charge is -2.32. The average molecular weight is 542 g/mol. The molecule has 3 rings (SSSR count). The van der Waals surface area contributed by atoms with Crippen LogP contribution in [0, 0.1) is 13.8 Å². The third kappa shape index (κ3) is 6.50. The van der Waals surface area contributed by atoms with Crippen LogP contribution in [0.1, 0.15) is 30.5 Å². The molecule has 0 bridgehead atoms. The molecule has 7 nitrogen and oxygen atoms in total. The van der Waals surface area contributed by atoms with Crippen molar-refractivity contribution in [1.29, 1.82) is 0 Å². The summed E-state index contributed by atoms with van der Waals surface area (Å²) in [6.07, 6.45) is 0. The van der Waals surface area contributed by atoms with Crippen LogP contribution in [0.25, 0.3) is 0 Å². The molecule has 0 radical (unpaired) electrons. The van der Waals surface area contributed by atoms with Crippen molar-refractivity contribution in [2.24, 2.45) is 0 Å². The first kappa shape index (κ1) is 28.2. The van der Waals surface area contributed by atoms with Crippen LogP contribution < -0.4 is 9.62 Å². The van der Waals surface area contributed by atoms with Gasteiger partial charge in [0.15, 0.2) is 0 Å². The van der Waals surface area contributed by atoms with Gasteiger partial charge in [0.1, 0.15) is 12.6 Å². The summed E-state index contributed by atoms with van der Waals surface area (Å²) in [6, 6.07) is 19.6. The second-order valence-electron chi connectivity index (χ2n) is 8.73. The molecule has 0 fully saturated rings. The topological polar surface area (TPSA) is 86.8 Å². The van der Waals surface area contributed by atoms with Crippen LogP contribution in [-0.2, 0) is 26.2 Å². The molecule has 3 aromatic carbocycles. The Morgan fingerprint density at radius 2 is 1.59 bits per heavy atom. The van der Waals surface area contributed by atoms with E-state index in [1.54, 1.807) is 57.2 Å². The van der Waals surface area contributed by atoms with Gasteiger partial charge in [0.2, 0.25) is 11.8 Å². The summed E-state index contributed by atoms with van der Waals surface area (Å²) in [5, 5.41) is 3.14. The van der Waals surface area contributed by atoms with Gasteiger partial charge in [-0.25, -0.2) is 8.42 Å². The number of carbonyl (C=O) groups excluding carboxylic acids is 2. The lowest BCUT2D eigenvalue weighted by atomic mass is 10.1. The quantitative estimate of drug-likeness (QED) is 0.403. The molecule has 3 aromatic rings. The lowest BCUT2D eigenvalue weighted by molar-refractivity contribution is -0.139. The van der Waals surface area contributed by atoms with Gasteiger partial charge in [-0.05, 0) is 68.7 Å². The maximum absolute atomic E-state index is 13.9. The van der Waals surface area contributed by atoms with E-state index >= 15 is 0 Å². The fraction of sp³-hybridized carbons (Fsp3) is 0.286. The average Bonchev–Trinajstić information content (AvgIpc) is 2.88. The molecule has 1 atom stereocenters. The second-order valence-corrected chi connectivity index (χ2v) is 11.0. The van der Waals surface area contributed by atoms with Crippen molar-refractivity contribution in [3.05, 3.63) is 94.5 Å². The second kappa shape index (κ2) is 12.3. The molecule has 0 saturated carbocycles. The number of nitrogens with zero attached hydrogens (tertiary/aromatic N) is 2. The van der Waals surface area contributed by atoms with Crippen LogP contribution in [0.2, 0.25) is 5.02 Å². The smallest absolute Gasteiger partial charge is 0.264 e.